The van der Waals surface area contributed by atoms with Gasteiger partial charge in [0.1, 0.15) is 5.82 Å². The zero-order chi connectivity index (χ0) is 18.6. The van der Waals surface area contributed by atoms with Gasteiger partial charge in [0, 0.05) is 19.6 Å². The highest BCUT2D eigenvalue weighted by Gasteiger charge is 2.36. The van der Waals surface area contributed by atoms with Crippen LogP contribution in [-0.2, 0) is 9.59 Å². The predicted octanol–water partition coefficient (Wildman–Crippen LogP) is 1.78. The SMILES string of the molecule is C=CC(=O)N1CCN(C(=O)[C@H](c2ccc(F)cc2)C(C)C)[C@@H](CO)C1. The summed E-state index contributed by atoms with van der Waals surface area (Å²) in [6, 6.07) is 5.50. The van der Waals surface area contributed by atoms with Gasteiger partial charge < -0.3 is 14.9 Å². The van der Waals surface area contributed by atoms with Gasteiger partial charge in [0.05, 0.1) is 18.6 Å². The van der Waals surface area contributed by atoms with Crippen LogP contribution < -0.4 is 0 Å². The highest BCUT2D eigenvalue weighted by Crippen LogP contribution is 2.28. The van der Waals surface area contributed by atoms with E-state index < -0.39 is 12.0 Å². The lowest BCUT2D eigenvalue weighted by Crippen LogP contribution is -2.58. The van der Waals surface area contributed by atoms with Crippen LogP contribution in [-0.4, -0.2) is 59.0 Å². The number of rotatable bonds is 5. The van der Waals surface area contributed by atoms with E-state index in [2.05, 4.69) is 6.58 Å². The van der Waals surface area contributed by atoms with E-state index in [-0.39, 0.29) is 36.7 Å². The molecule has 0 radical (unpaired) electrons. The van der Waals surface area contributed by atoms with Crippen LogP contribution in [0.5, 0.6) is 0 Å². The van der Waals surface area contributed by atoms with Gasteiger partial charge in [-0.1, -0.05) is 32.6 Å². The molecule has 0 saturated carbocycles. The summed E-state index contributed by atoms with van der Waals surface area (Å²) in [5, 5.41) is 9.70. The fourth-order valence-electron chi connectivity index (χ4n) is 3.29. The second-order valence-corrected chi connectivity index (χ2v) is 6.63. The first kappa shape index (κ1) is 19.1. The Hall–Kier alpha value is -2.21. The number of piperazine rings is 1. The molecule has 6 heteroatoms. The first-order chi connectivity index (χ1) is 11.9. The molecule has 136 valence electrons. The number of amides is 2. The number of nitrogens with zero attached hydrogens (tertiary/aromatic N) is 2. The molecular formula is C19H25FN2O3. The number of carbonyl (C=O) groups excluding carboxylic acids is 2. The Bertz CT molecular complexity index is 630. The summed E-state index contributed by atoms with van der Waals surface area (Å²) >= 11 is 0. The van der Waals surface area contributed by atoms with E-state index in [4.69, 9.17) is 0 Å². The maximum Gasteiger partial charge on any atom is 0.246 e. The van der Waals surface area contributed by atoms with Crippen LogP contribution in [0.4, 0.5) is 4.39 Å². The van der Waals surface area contributed by atoms with E-state index in [9.17, 15) is 19.1 Å². The number of benzene rings is 1. The Kier molecular flexibility index (Phi) is 6.31. The van der Waals surface area contributed by atoms with Crippen molar-refractivity contribution < 1.29 is 19.1 Å². The second kappa shape index (κ2) is 8.25. The first-order valence-electron chi connectivity index (χ1n) is 8.47. The van der Waals surface area contributed by atoms with Gasteiger partial charge >= 0.3 is 0 Å². The van der Waals surface area contributed by atoms with E-state index in [1.165, 1.54) is 18.2 Å². The summed E-state index contributed by atoms with van der Waals surface area (Å²) in [4.78, 5) is 28.1. The second-order valence-electron chi connectivity index (χ2n) is 6.63. The fourth-order valence-corrected chi connectivity index (χ4v) is 3.29. The number of halogens is 1. The lowest BCUT2D eigenvalue weighted by atomic mass is 9.86. The average Bonchev–Trinajstić information content (AvgIpc) is 2.61. The van der Waals surface area contributed by atoms with Crippen molar-refractivity contribution in [3.05, 3.63) is 48.3 Å². The third-order valence-corrected chi connectivity index (χ3v) is 4.62. The van der Waals surface area contributed by atoms with Crippen molar-refractivity contribution in [1.29, 1.82) is 0 Å². The lowest BCUT2D eigenvalue weighted by molar-refractivity contribution is -0.144. The molecule has 1 aliphatic heterocycles. The Morgan fingerprint density at radius 3 is 2.48 bits per heavy atom. The summed E-state index contributed by atoms with van der Waals surface area (Å²) < 4.78 is 13.2. The van der Waals surface area contributed by atoms with Gasteiger partial charge in [0.15, 0.2) is 0 Å². The van der Waals surface area contributed by atoms with Gasteiger partial charge in [-0.15, -0.1) is 0 Å². The largest absolute Gasteiger partial charge is 0.394 e. The fraction of sp³-hybridized carbons (Fsp3) is 0.474. The standard InChI is InChI=1S/C19H25FN2O3/c1-4-17(24)21-9-10-22(16(11-21)12-23)19(25)18(13(2)3)14-5-7-15(20)8-6-14/h4-8,13,16,18,23H,1,9-12H2,2-3H3/t16-,18+/m1/s1. The van der Waals surface area contributed by atoms with E-state index in [0.29, 0.717) is 13.1 Å². The molecule has 25 heavy (non-hydrogen) atoms. The minimum absolute atomic E-state index is 0.0186. The molecule has 0 aliphatic carbocycles. The van der Waals surface area contributed by atoms with Gasteiger partial charge in [-0.05, 0) is 29.7 Å². The van der Waals surface area contributed by atoms with E-state index in [1.807, 2.05) is 13.8 Å². The Labute approximate surface area is 147 Å². The summed E-state index contributed by atoms with van der Waals surface area (Å²) in [7, 11) is 0. The minimum atomic E-state index is -0.452. The molecule has 1 fully saturated rings. The predicted molar refractivity (Wildman–Crippen MR) is 93.3 cm³/mol. The molecule has 2 amide bonds. The van der Waals surface area contributed by atoms with Gasteiger partial charge in [0.25, 0.3) is 0 Å². The quantitative estimate of drug-likeness (QED) is 0.825. The van der Waals surface area contributed by atoms with Crippen molar-refractivity contribution in [2.45, 2.75) is 25.8 Å². The molecule has 1 aliphatic rings. The molecule has 2 rings (SSSR count). The number of aliphatic hydroxyl groups excluding tert-OH is 1. The van der Waals surface area contributed by atoms with E-state index >= 15 is 0 Å². The summed E-state index contributed by atoms with van der Waals surface area (Å²) in [6.07, 6.45) is 1.24. The van der Waals surface area contributed by atoms with Gasteiger partial charge in [-0.3, -0.25) is 9.59 Å². The van der Waals surface area contributed by atoms with Gasteiger partial charge in [0.2, 0.25) is 11.8 Å². The molecule has 5 nitrogen and oxygen atoms in total. The smallest absolute Gasteiger partial charge is 0.246 e. The normalized spacial score (nSPS) is 19.0. The van der Waals surface area contributed by atoms with Crippen molar-refractivity contribution in [1.82, 2.24) is 9.80 Å². The third-order valence-electron chi connectivity index (χ3n) is 4.62. The van der Waals surface area contributed by atoms with Crippen LogP contribution >= 0.6 is 0 Å². The summed E-state index contributed by atoms with van der Waals surface area (Å²) in [6.45, 7) is 8.17. The Morgan fingerprint density at radius 1 is 1.32 bits per heavy atom. The van der Waals surface area contributed by atoms with Crippen LogP contribution in [0.3, 0.4) is 0 Å². The third kappa shape index (κ3) is 4.25. The van der Waals surface area contributed by atoms with Gasteiger partial charge in [-0.2, -0.15) is 0 Å². The topological polar surface area (TPSA) is 60.9 Å². The average molecular weight is 348 g/mol. The molecule has 0 aromatic heterocycles. The summed E-state index contributed by atoms with van der Waals surface area (Å²) in [5.74, 6) is -1.05. The molecule has 1 N–H and O–H groups in total. The molecule has 1 aromatic carbocycles. The van der Waals surface area contributed by atoms with Crippen molar-refractivity contribution >= 4 is 11.8 Å². The molecule has 1 saturated heterocycles. The van der Waals surface area contributed by atoms with Gasteiger partial charge in [-0.25, -0.2) is 4.39 Å². The first-order valence-corrected chi connectivity index (χ1v) is 8.47. The Balaban J connectivity index is 2.22. The highest BCUT2D eigenvalue weighted by atomic mass is 19.1. The molecule has 0 spiro atoms. The van der Waals surface area contributed by atoms with Crippen LogP contribution in [0.25, 0.3) is 0 Å². The molecule has 0 bridgehead atoms. The molecule has 1 aromatic rings. The number of hydrogen-bond donors (Lipinski definition) is 1. The van der Waals surface area contributed by atoms with Crippen LogP contribution in [0.1, 0.15) is 25.3 Å². The van der Waals surface area contributed by atoms with Crippen LogP contribution in [0, 0.1) is 11.7 Å². The molecular weight excluding hydrogens is 323 g/mol. The molecule has 2 atom stereocenters. The zero-order valence-corrected chi connectivity index (χ0v) is 14.7. The van der Waals surface area contributed by atoms with Crippen LogP contribution in [0.15, 0.2) is 36.9 Å². The number of aliphatic hydroxyl groups is 1. The van der Waals surface area contributed by atoms with E-state index in [0.717, 1.165) is 5.56 Å². The molecule has 1 heterocycles. The minimum Gasteiger partial charge on any atom is -0.394 e. The Morgan fingerprint density at radius 2 is 1.96 bits per heavy atom. The monoisotopic (exact) mass is 348 g/mol. The van der Waals surface area contributed by atoms with Crippen molar-refractivity contribution in [2.24, 2.45) is 5.92 Å². The maximum absolute atomic E-state index is 13.2. The number of carbonyl (C=O) groups is 2. The maximum atomic E-state index is 13.2. The summed E-state index contributed by atoms with van der Waals surface area (Å²) in [5.41, 5.74) is 0.752. The zero-order valence-electron chi connectivity index (χ0n) is 14.7. The lowest BCUT2D eigenvalue weighted by Gasteiger charge is -2.42. The van der Waals surface area contributed by atoms with Crippen molar-refractivity contribution in [3.8, 4) is 0 Å². The highest BCUT2D eigenvalue weighted by molar-refractivity contribution is 5.88. The van der Waals surface area contributed by atoms with Crippen molar-refractivity contribution in [3.63, 3.8) is 0 Å². The molecule has 0 unspecified atom stereocenters. The van der Waals surface area contributed by atoms with E-state index in [1.54, 1.807) is 21.9 Å². The van der Waals surface area contributed by atoms with Crippen LogP contribution in [0.2, 0.25) is 0 Å². The number of hydrogen-bond acceptors (Lipinski definition) is 3. The van der Waals surface area contributed by atoms with Crippen molar-refractivity contribution in [2.75, 3.05) is 26.2 Å².